The van der Waals surface area contributed by atoms with E-state index >= 15 is 0 Å². The summed E-state index contributed by atoms with van der Waals surface area (Å²) in [5, 5.41) is 0. The fourth-order valence-corrected chi connectivity index (χ4v) is 1.29. The highest BCUT2D eigenvalue weighted by atomic mass is 15.1. The molecule has 1 atom stereocenters. The summed E-state index contributed by atoms with van der Waals surface area (Å²) in [6, 6.07) is 0. The van der Waals surface area contributed by atoms with Gasteiger partial charge in [-0.1, -0.05) is 34.1 Å². The van der Waals surface area contributed by atoms with E-state index in [1.54, 1.807) is 0 Å². The minimum Gasteiger partial charge on any atom is -0.312 e. The average molecular weight is 276 g/mol. The molecule has 0 saturated carbocycles. The Bertz CT molecular complexity index is 144. The van der Waals surface area contributed by atoms with Crippen LogP contribution in [-0.4, -0.2) is 76.6 Å². The lowest BCUT2D eigenvalue weighted by Gasteiger charge is -2.13. The maximum absolute atomic E-state index is 2.31. The van der Waals surface area contributed by atoms with Gasteiger partial charge < -0.3 is 14.7 Å². The van der Waals surface area contributed by atoms with Gasteiger partial charge >= 0.3 is 0 Å². The van der Waals surface area contributed by atoms with Crippen molar-refractivity contribution >= 4 is 0 Å². The first-order valence-corrected chi connectivity index (χ1v) is 7.65. The number of hydrogen-bond acceptors (Lipinski definition) is 3. The first-order valence-electron chi connectivity index (χ1n) is 7.65. The lowest BCUT2D eigenvalue weighted by atomic mass is 10.1. The molecule has 19 heavy (non-hydrogen) atoms. The zero-order valence-corrected chi connectivity index (χ0v) is 15.5. The van der Waals surface area contributed by atoms with Gasteiger partial charge in [0, 0.05) is 6.54 Å². The third-order valence-electron chi connectivity index (χ3n) is 2.52. The molecule has 0 amide bonds. The highest BCUT2D eigenvalue weighted by Gasteiger charge is 1.97. The van der Waals surface area contributed by atoms with Crippen molar-refractivity contribution in [1.82, 2.24) is 14.7 Å². The van der Waals surface area contributed by atoms with Crippen molar-refractivity contribution in [1.29, 1.82) is 0 Å². The summed E-state index contributed by atoms with van der Waals surface area (Å²) in [5.74, 6) is 0.852. The average Bonchev–Trinajstić information content (AvgIpc) is 2.28. The van der Waals surface area contributed by atoms with Crippen LogP contribution in [0.25, 0.3) is 0 Å². The first-order chi connectivity index (χ1) is 8.70. The molecular weight excluding hydrogens is 234 g/mol. The molecule has 0 aromatic carbocycles. The Labute approximate surface area is 124 Å². The fraction of sp³-hybridized carbons (Fsp3) is 1.00. The molecule has 0 fully saturated rings. The molecule has 3 nitrogen and oxygen atoms in total. The summed E-state index contributed by atoms with van der Waals surface area (Å²) in [4.78, 5) is 6.54. The lowest BCUT2D eigenvalue weighted by molar-refractivity contribution is 0.334. The van der Waals surface area contributed by atoms with Crippen LogP contribution >= 0.6 is 0 Å². The zero-order valence-electron chi connectivity index (χ0n) is 15.5. The maximum Gasteiger partial charge on any atom is 0.0000818 e. The summed E-state index contributed by atoms with van der Waals surface area (Å²) in [6.07, 6.45) is 2.56. The van der Waals surface area contributed by atoms with E-state index in [1.165, 1.54) is 32.5 Å². The predicted octanol–water partition coefficient (Wildman–Crippen LogP) is 3.12. The van der Waals surface area contributed by atoms with Crippen molar-refractivity contribution in [2.24, 2.45) is 5.92 Å². The van der Waals surface area contributed by atoms with E-state index in [2.05, 4.69) is 58.6 Å². The molecule has 0 aliphatic rings. The molecule has 0 aliphatic heterocycles. The van der Waals surface area contributed by atoms with Crippen LogP contribution in [0, 0.1) is 5.92 Å². The maximum atomic E-state index is 2.31. The molecule has 0 saturated heterocycles. The van der Waals surface area contributed by atoms with E-state index in [0.717, 1.165) is 5.92 Å². The van der Waals surface area contributed by atoms with Crippen LogP contribution in [0.5, 0.6) is 0 Å². The second-order valence-corrected chi connectivity index (χ2v) is 6.01. The lowest BCUT2D eigenvalue weighted by Crippen LogP contribution is -2.18. The van der Waals surface area contributed by atoms with Crippen LogP contribution < -0.4 is 0 Å². The molecule has 0 heterocycles. The van der Waals surface area contributed by atoms with Crippen LogP contribution in [-0.2, 0) is 0 Å². The Morgan fingerprint density at radius 1 is 0.842 bits per heavy atom. The Morgan fingerprint density at radius 3 is 1.37 bits per heavy atom. The minimum absolute atomic E-state index is 0.852. The van der Waals surface area contributed by atoms with Gasteiger partial charge in [0.2, 0.25) is 0 Å². The van der Waals surface area contributed by atoms with Crippen molar-refractivity contribution < 1.29 is 0 Å². The molecule has 0 bridgehead atoms. The number of nitrogens with zero attached hydrogens (tertiary/aromatic N) is 3. The molecular formula is C16H41N3. The summed E-state index contributed by atoms with van der Waals surface area (Å²) in [7, 11) is 12.4. The smallest absolute Gasteiger partial charge is 0.0000818 e. The molecule has 0 N–H and O–H groups in total. The van der Waals surface area contributed by atoms with E-state index in [9.17, 15) is 0 Å². The standard InChI is InChI=1S/C7H17N.C6H15N.C3H9N/c1-5-7(2)6-8(3)4;1-4-6-7(3)5-2;1-4(2)3/h7H,5-6H2,1-4H3;4-6H2,1-3H3;1-3H3. The Hall–Kier alpha value is -0.120. The monoisotopic (exact) mass is 275 g/mol. The predicted molar refractivity (Wildman–Crippen MR) is 91.1 cm³/mol. The SMILES string of the molecule is CCC(C)CN(C)C.CCCN(C)CC.CN(C)C. The van der Waals surface area contributed by atoms with Gasteiger partial charge in [-0.3, -0.25) is 0 Å². The van der Waals surface area contributed by atoms with Gasteiger partial charge in [0.05, 0.1) is 0 Å². The largest absolute Gasteiger partial charge is 0.312 e. The van der Waals surface area contributed by atoms with Crippen LogP contribution in [0.4, 0.5) is 0 Å². The van der Waals surface area contributed by atoms with E-state index in [4.69, 9.17) is 0 Å². The van der Waals surface area contributed by atoms with E-state index in [-0.39, 0.29) is 0 Å². The van der Waals surface area contributed by atoms with Crippen LogP contribution in [0.1, 0.15) is 40.5 Å². The third-order valence-corrected chi connectivity index (χ3v) is 2.52. The van der Waals surface area contributed by atoms with Gasteiger partial charge in [0.1, 0.15) is 0 Å². The minimum atomic E-state index is 0.852. The second-order valence-electron chi connectivity index (χ2n) is 6.01. The molecule has 0 aromatic heterocycles. The van der Waals surface area contributed by atoms with Crippen molar-refractivity contribution in [3.8, 4) is 0 Å². The Balaban J connectivity index is -0.000000214. The quantitative estimate of drug-likeness (QED) is 0.737. The van der Waals surface area contributed by atoms with Gasteiger partial charge in [0.25, 0.3) is 0 Å². The van der Waals surface area contributed by atoms with Gasteiger partial charge in [-0.25, -0.2) is 0 Å². The van der Waals surface area contributed by atoms with Crippen LogP contribution in [0.2, 0.25) is 0 Å². The summed E-state index contributed by atoms with van der Waals surface area (Å²) in [5.41, 5.74) is 0. The van der Waals surface area contributed by atoms with Crippen molar-refractivity contribution in [2.45, 2.75) is 40.5 Å². The topological polar surface area (TPSA) is 9.72 Å². The van der Waals surface area contributed by atoms with E-state index < -0.39 is 0 Å². The molecule has 1 unspecified atom stereocenters. The van der Waals surface area contributed by atoms with Gasteiger partial charge in [-0.15, -0.1) is 0 Å². The molecule has 120 valence electrons. The summed E-state index contributed by atoms with van der Waals surface area (Å²) >= 11 is 0. The molecule has 3 heteroatoms. The fourth-order valence-electron chi connectivity index (χ4n) is 1.29. The third kappa shape index (κ3) is 38.1. The molecule has 0 spiro atoms. The Morgan fingerprint density at radius 2 is 1.26 bits per heavy atom. The van der Waals surface area contributed by atoms with Crippen molar-refractivity contribution in [3.63, 3.8) is 0 Å². The second kappa shape index (κ2) is 17.9. The normalized spacial score (nSPS) is 11.8. The first kappa shape index (κ1) is 23.9. The van der Waals surface area contributed by atoms with Gasteiger partial charge in [0.15, 0.2) is 0 Å². The number of rotatable bonds is 6. The molecule has 0 aliphatic carbocycles. The molecule has 0 radical (unpaired) electrons. The Kier molecular flexibility index (Phi) is 22.5. The van der Waals surface area contributed by atoms with Gasteiger partial charge in [-0.2, -0.15) is 0 Å². The zero-order chi connectivity index (χ0) is 15.8. The summed E-state index contributed by atoms with van der Waals surface area (Å²) in [6.45, 7) is 12.5. The van der Waals surface area contributed by atoms with Gasteiger partial charge in [-0.05, 0) is 67.7 Å². The molecule has 0 rings (SSSR count). The van der Waals surface area contributed by atoms with E-state index in [1.807, 2.05) is 26.0 Å². The van der Waals surface area contributed by atoms with E-state index in [0.29, 0.717) is 0 Å². The van der Waals surface area contributed by atoms with Crippen molar-refractivity contribution in [2.75, 3.05) is 61.9 Å². The van der Waals surface area contributed by atoms with Crippen molar-refractivity contribution in [3.05, 3.63) is 0 Å². The highest BCUT2D eigenvalue weighted by molar-refractivity contribution is 4.51. The molecule has 0 aromatic rings. The highest BCUT2D eigenvalue weighted by Crippen LogP contribution is 1.99. The van der Waals surface area contributed by atoms with Crippen LogP contribution in [0.3, 0.4) is 0 Å². The summed E-state index contributed by atoms with van der Waals surface area (Å²) < 4.78 is 0. The number of hydrogen-bond donors (Lipinski definition) is 0. The van der Waals surface area contributed by atoms with Crippen LogP contribution in [0.15, 0.2) is 0 Å².